The minimum atomic E-state index is -1.89. The highest BCUT2D eigenvalue weighted by molar-refractivity contribution is 6.53. The number of aryl methyl sites for hydroxylation is 2. The van der Waals surface area contributed by atoms with Gasteiger partial charge in [-0.25, -0.2) is 0 Å². The summed E-state index contributed by atoms with van der Waals surface area (Å²) in [6, 6.07) is 3.39. The van der Waals surface area contributed by atoms with E-state index in [4.69, 9.17) is 28.3 Å². The molecule has 0 aromatic heterocycles. The summed E-state index contributed by atoms with van der Waals surface area (Å²) in [6.07, 6.45) is 1.52. The number of carboxylic acid groups (broad SMARTS) is 1. The lowest BCUT2D eigenvalue weighted by atomic mass is 9.56. The number of alkyl halides is 2. The number of fused-ring (bicyclic) bond motifs is 4. The maximum absolute atomic E-state index is 13.5. The number of rotatable bonds is 4. The van der Waals surface area contributed by atoms with Crippen LogP contribution >= 0.6 is 23.2 Å². The van der Waals surface area contributed by atoms with Crippen LogP contribution in [0.15, 0.2) is 23.8 Å². The third-order valence-corrected chi connectivity index (χ3v) is 9.91. The highest BCUT2D eigenvalue weighted by atomic mass is 35.5. The molecule has 4 amide bonds. The monoisotopic (exact) mass is 548 g/mol. The molecule has 2 aliphatic heterocycles. The van der Waals surface area contributed by atoms with Gasteiger partial charge in [0.05, 0.1) is 18.3 Å². The Hall–Kier alpha value is -2.91. The Morgan fingerprint density at radius 1 is 1.05 bits per heavy atom. The second-order valence-electron chi connectivity index (χ2n) is 10.5. The van der Waals surface area contributed by atoms with Gasteiger partial charge in [-0.1, -0.05) is 23.8 Å². The molecule has 2 aliphatic carbocycles. The molecule has 1 aromatic carbocycles. The van der Waals surface area contributed by atoms with E-state index in [2.05, 4.69) is 0 Å². The highest BCUT2D eigenvalue weighted by Crippen LogP contribution is 2.65. The van der Waals surface area contributed by atoms with Gasteiger partial charge in [-0.2, -0.15) is 0 Å². The van der Waals surface area contributed by atoms with Crippen LogP contribution < -0.4 is 0 Å². The van der Waals surface area contributed by atoms with Crippen molar-refractivity contribution >= 4 is 52.8 Å². The molecule has 5 rings (SSSR count). The van der Waals surface area contributed by atoms with Crippen LogP contribution in [0.1, 0.15) is 41.9 Å². The molecule has 37 heavy (non-hydrogen) atoms. The number of carboxylic acids is 1. The Balaban J connectivity index is 1.68. The van der Waals surface area contributed by atoms with E-state index in [0.717, 1.165) is 9.80 Å². The number of imide groups is 2. The van der Waals surface area contributed by atoms with E-state index in [9.17, 15) is 29.1 Å². The molecular weight excluding hydrogens is 523 g/mol. The van der Waals surface area contributed by atoms with E-state index in [-0.39, 0.29) is 31.6 Å². The SMILES string of the molecule is Cc1cc(C2C3=CCC4C(=O)N(CCC(=O)O)C(=O)C4C3CC3(Cl)C(=O)N(C)C(=O)C23Cl)cc(C)c1O. The normalized spacial score (nSPS) is 34.9. The Morgan fingerprint density at radius 3 is 2.27 bits per heavy atom. The minimum Gasteiger partial charge on any atom is -0.507 e. The fourth-order valence-corrected chi connectivity index (χ4v) is 7.79. The number of carbonyl (C=O) groups is 5. The molecule has 2 N–H and O–H groups in total. The summed E-state index contributed by atoms with van der Waals surface area (Å²) in [5.41, 5.74) is 2.31. The summed E-state index contributed by atoms with van der Waals surface area (Å²) in [5, 5.41) is 19.5. The molecule has 0 spiro atoms. The molecule has 6 unspecified atom stereocenters. The second-order valence-corrected chi connectivity index (χ2v) is 11.7. The molecule has 2 saturated heterocycles. The molecule has 9 nitrogen and oxygen atoms in total. The summed E-state index contributed by atoms with van der Waals surface area (Å²) in [5.74, 6) is -6.46. The van der Waals surface area contributed by atoms with Gasteiger partial charge in [0.15, 0.2) is 9.75 Å². The number of phenols is 1. The Kier molecular flexibility index (Phi) is 5.77. The number of benzene rings is 1. The molecule has 3 fully saturated rings. The quantitative estimate of drug-likeness (QED) is 0.335. The van der Waals surface area contributed by atoms with E-state index in [0.29, 0.717) is 22.3 Å². The van der Waals surface area contributed by atoms with Crippen molar-refractivity contribution < 1.29 is 34.2 Å². The average Bonchev–Trinajstić information content (AvgIpc) is 3.15. The van der Waals surface area contributed by atoms with Crippen molar-refractivity contribution in [1.82, 2.24) is 9.80 Å². The number of aliphatic carboxylic acids is 1. The summed E-state index contributed by atoms with van der Waals surface area (Å²) >= 11 is 14.2. The first-order valence-corrected chi connectivity index (χ1v) is 12.8. The van der Waals surface area contributed by atoms with Gasteiger partial charge in [0.2, 0.25) is 11.8 Å². The fourth-order valence-electron chi connectivity index (χ4n) is 6.77. The molecule has 1 saturated carbocycles. The van der Waals surface area contributed by atoms with Crippen LogP contribution in [0.4, 0.5) is 0 Å². The Labute approximate surface area is 223 Å². The van der Waals surface area contributed by atoms with Gasteiger partial charge in [-0.05, 0) is 49.3 Å². The molecule has 11 heteroatoms. The number of carbonyl (C=O) groups excluding carboxylic acids is 4. The number of hydrogen-bond acceptors (Lipinski definition) is 6. The van der Waals surface area contributed by atoms with Crippen molar-refractivity contribution in [3.8, 4) is 5.75 Å². The summed E-state index contributed by atoms with van der Waals surface area (Å²) in [6.45, 7) is 3.17. The zero-order chi connectivity index (χ0) is 27.2. The number of likely N-dealkylation sites (tertiary alicyclic amines) is 2. The number of amides is 4. The number of halogens is 2. The zero-order valence-corrected chi connectivity index (χ0v) is 22.0. The Morgan fingerprint density at radius 2 is 1.68 bits per heavy atom. The van der Waals surface area contributed by atoms with Crippen LogP contribution in [0.5, 0.6) is 5.75 Å². The van der Waals surface area contributed by atoms with Crippen LogP contribution in [0, 0.1) is 31.6 Å². The lowest BCUT2D eigenvalue weighted by Gasteiger charge is -2.51. The minimum absolute atomic E-state index is 0.0890. The molecule has 196 valence electrons. The predicted octanol–water partition coefficient (Wildman–Crippen LogP) is 2.47. The molecule has 0 radical (unpaired) electrons. The average molecular weight is 549 g/mol. The summed E-state index contributed by atoms with van der Waals surface area (Å²) in [7, 11) is 1.32. The standard InChI is InChI=1S/C26H26Cl2N2O7/c1-11-8-13(9-12(2)20(11)33)19-14-4-5-15-18(22(35)30(21(15)34)7-6-17(31)32)16(14)10-25(27)23(36)29(3)24(37)26(19,25)28/h4,8-9,15-16,18-19,33H,5-7,10H2,1-3H3,(H,31,32). The van der Waals surface area contributed by atoms with Gasteiger partial charge < -0.3 is 10.2 Å². The molecule has 1 aromatic rings. The maximum atomic E-state index is 13.5. The topological polar surface area (TPSA) is 132 Å². The number of nitrogens with zero attached hydrogens (tertiary/aromatic N) is 2. The van der Waals surface area contributed by atoms with Crippen LogP contribution in [0.3, 0.4) is 0 Å². The van der Waals surface area contributed by atoms with E-state index in [1.165, 1.54) is 7.05 Å². The van der Waals surface area contributed by atoms with Crippen LogP contribution in [0.25, 0.3) is 0 Å². The van der Waals surface area contributed by atoms with Crippen molar-refractivity contribution in [3.63, 3.8) is 0 Å². The molecule has 2 heterocycles. The predicted molar refractivity (Wildman–Crippen MR) is 132 cm³/mol. The van der Waals surface area contributed by atoms with Gasteiger partial charge in [-0.15, -0.1) is 23.2 Å². The van der Waals surface area contributed by atoms with Crippen molar-refractivity contribution in [3.05, 3.63) is 40.5 Å². The van der Waals surface area contributed by atoms with E-state index in [1.54, 1.807) is 26.0 Å². The van der Waals surface area contributed by atoms with Gasteiger partial charge in [-0.3, -0.25) is 33.8 Å². The van der Waals surface area contributed by atoms with Crippen molar-refractivity contribution in [2.75, 3.05) is 13.6 Å². The first-order valence-electron chi connectivity index (χ1n) is 12.0. The maximum Gasteiger partial charge on any atom is 0.305 e. The lowest BCUT2D eigenvalue weighted by molar-refractivity contribution is -0.143. The van der Waals surface area contributed by atoms with Crippen LogP contribution in [0.2, 0.25) is 0 Å². The zero-order valence-electron chi connectivity index (χ0n) is 20.5. The summed E-state index contributed by atoms with van der Waals surface area (Å²) < 4.78 is 0. The molecule has 6 atom stereocenters. The number of phenolic OH excluding ortho intramolecular Hbond substituents is 1. The number of aromatic hydroxyl groups is 1. The number of hydrogen-bond donors (Lipinski definition) is 2. The van der Waals surface area contributed by atoms with E-state index < -0.39 is 63.0 Å². The van der Waals surface area contributed by atoms with Gasteiger partial charge >= 0.3 is 5.97 Å². The smallest absolute Gasteiger partial charge is 0.305 e. The van der Waals surface area contributed by atoms with E-state index in [1.807, 2.05) is 6.08 Å². The van der Waals surface area contributed by atoms with Gasteiger partial charge in [0.25, 0.3) is 11.8 Å². The van der Waals surface area contributed by atoms with Crippen molar-refractivity contribution in [1.29, 1.82) is 0 Å². The first kappa shape index (κ1) is 25.7. The van der Waals surface area contributed by atoms with Crippen LogP contribution in [-0.2, 0) is 24.0 Å². The molecule has 0 bridgehead atoms. The molecule has 4 aliphatic rings. The largest absolute Gasteiger partial charge is 0.507 e. The fraction of sp³-hybridized carbons (Fsp3) is 0.500. The lowest BCUT2D eigenvalue weighted by Crippen LogP contribution is -2.60. The Bertz CT molecular complexity index is 1300. The van der Waals surface area contributed by atoms with Gasteiger partial charge in [0, 0.05) is 19.5 Å². The third kappa shape index (κ3) is 3.26. The van der Waals surface area contributed by atoms with Crippen molar-refractivity contribution in [2.45, 2.75) is 48.8 Å². The second kappa shape index (κ2) is 8.30. The molecular formula is C26H26Cl2N2O7. The summed E-state index contributed by atoms with van der Waals surface area (Å²) in [4.78, 5) is 62.8. The van der Waals surface area contributed by atoms with E-state index >= 15 is 0 Å². The number of allylic oxidation sites excluding steroid dienone is 2. The van der Waals surface area contributed by atoms with Crippen LogP contribution in [-0.4, -0.2) is 73.0 Å². The third-order valence-electron chi connectivity index (χ3n) is 8.50. The first-order chi connectivity index (χ1) is 17.3. The highest BCUT2D eigenvalue weighted by Gasteiger charge is 2.75. The van der Waals surface area contributed by atoms with Crippen molar-refractivity contribution in [2.24, 2.45) is 17.8 Å². The van der Waals surface area contributed by atoms with Gasteiger partial charge in [0.1, 0.15) is 5.75 Å².